The van der Waals surface area contributed by atoms with Gasteiger partial charge >= 0.3 is 12.1 Å². The van der Waals surface area contributed by atoms with Gasteiger partial charge < -0.3 is 9.57 Å². The Morgan fingerprint density at radius 3 is 2.54 bits per heavy atom. The van der Waals surface area contributed by atoms with Crippen molar-refractivity contribution in [1.29, 1.82) is 0 Å². The number of ether oxygens (including phenoxy) is 1. The molecule has 13 heavy (non-hydrogen) atoms. The number of hydroxylamine groups is 2. The summed E-state index contributed by atoms with van der Waals surface area (Å²) >= 11 is 0. The van der Waals surface area contributed by atoms with E-state index in [1.54, 1.807) is 0 Å². The minimum atomic E-state index is -0.743. The van der Waals surface area contributed by atoms with Gasteiger partial charge in [0.15, 0.2) is 0 Å². The van der Waals surface area contributed by atoms with Crippen molar-refractivity contribution in [2.75, 3.05) is 6.61 Å². The molecular formula is C8H13NO4. The van der Waals surface area contributed by atoms with E-state index >= 15 is 0 Å². The summed E-state index contributed by atoms with van der Waals surface area (Å²) in [7, 11) is 0. The molecule has 0 saturated heterocycles. The molecule has 0 rings (SSSR count). The van der Waals surface area contributed by atoms with Gasteiger partial charge in [0, 0.05) is 13.1 Å². The summed E-state index contributed by atoms with van der Waals surface area (Å²) in [5, 5.41) is 0.651. The van der Waals surface area contributed by atoms with Gasteiger partial charge in [-0.25, -0.2) is 9.59 Å². The van der Waals surface area contributed by atoms with Crippen molar-refractivity contribution in [3.63, 3.8) is 0 Å². The molecule has 74 valence electrons. The zero-order valence-electron chi connectivity index (χ0n) is 7.78. The highest BCUT2D eigenvalue weighted by molar-refractivity contribution is 5.72. The van der Waals surface area contributed by atoms with E-state index in [0.29, 0.717) is 11.5 Å². The highest BCUT2D eigenvalue weighted by Gasteiger charge is 2.14. The van der Waals surface area contributed by atoms with Crippen molar-refractivity contribution >= 4 is 12.1 Å². The molecule has 0 heterocycles. The molecule has 0 N–H and O–H groups in total. The summed E-state index contributed by atoms with van der Waals surface area (Å²) < 4.78 is 4.68. The lowest BCUT2D eigenvalue weighted by molar-refractivity contribution is -0.169. The molecule has 0 aliphatic carbocycles. The van der Waals surface area contributed by atoms with Crippen molar-refractivity contribution in [3.05, 3.63) is 12.8 Å². The zero-order valence-corrected chi connectivity index (χ0v) is 7.78. The van der Waals surface area contributed by atoms with Crippen LogP contribution in [0.4, 0.5) is 4.79 Å². The normalized spacial score (nSPS) is 8.77. The van der Waals surface area contributed by atoms with Crippen molar-refractivity contribution in [3.8, 4) is 0 Å². The molecule has 0 aromatic heterocycles. The Bertz CT molecular complexity index is 202. The molecule has 0 aromatic rings. The molecular weight excluding hydrogens is 174 g/mol. The summed E-state index contributed by atoms with van der Waals surface area (Å²) in [4.78, 5) is 26.0. The van der Waals surface area contributed by atoms with E-state index in [9.17, 15) is 9.59 Å². The predicted octanol–water partition coefficient (Wildman–Crippen LogP) is 1.46. The maximum atomic E-state index is 11.0. The second-order valence-corrected chi connectivity index (χ2v) is 2.21. The first-order chi connectivity index (χ1) is 6.11. The number of hydrogen-bond acceptors (Lipinski definition) is 4. The van der Waals surface area contributed by atoms with Gasteiger partial charge in [-0.15, -0.1) is 5.06 Å². The van der Waals surface area contributed by atoms with Crippen LogP contribution in [0.5, 0.6) is 0 Å². The number of amides is 1. The molecule has 0 aromatic carbocycles. The molecule has 0 atom stereocenters. The van der Waals surface area contributed by atoms with Crippen LogP contribution in [-0.2, 0) is 14.4 Å². The number of carbonyl (C=O) groups is 2. The van der Waals surface area contributed by atoms with Gasteiger partial charge in [-0.1, -0.05) is 13.5 Å². The third-order valence-corrected chi connectivity index (χ3v) is 1.00. The van der Waals surface area contributed by atoms with E-state index < -0.39 is 12.1 Å². The van der Waals surface area contributed by atoms with Gasteiger partial charge in [0.1, 0.15) is 0 Å². The van der Waals surface area contributed by atoms with Crippen molar-refractivity contribution < 1.29 is 19.2 Å². The fourth-order valence-corrected chi connectivity index (χ4v) is 0.541. The van der Waals surface area contributed by atoms with Crippen LogP contribution < -0.4 is 0 Å². The molecule has 1 amide bonds. The Balaban J connectivity index is 3.99. The Kier molecular flexibility index (Phi) is 5.34. The van der Waals surface area contributed by atoms with E-state index in [1.165, 1.54) is 6.92 Å². The lowest BCUT2D eigenvalue weighted by Crippen LogP contribution is -2.28. The molecule has 5 nitrogen and oxygen atoms in total. The molecule has 0 unspecified atom stereocenters. The first kappa shape index (κ1) is 11.5. The number of hydrogen-bond donors (Lipinski definition) is 0. The maximum Gasteiger partial charge on any atom is 0.447 e. The van der Waals surface area contributed by atoms with Gasteiger partial charge in [0.2, 0.25) is 0 Å². The second-order valence-electron chi connectivity index (χ2n) is 2.21. The summed E-state index contributed by atoms with van der Waals surface area (Å²) in [6.45, 7) is 6.62. The molecule has 0 aliphatic heterocycles. The standard InChI is InChI=1S/C8H13NO4/c1-4-6-12-8(11)9(5-2)13-7(3)10/h5H,2,4,6H2,1,3H3. The summed E-state index contributed by atoms with van der Waals surface area (Å²) in [5.41, 5.74) is 0. The quantitative estimate of drug-likeness (QED) is 0.627. The molecule has 0 fully saturated rings. The minimum Gasteiger partial charge on any atom is -0.447 e. The molecule has 0 spiro atoms. The Morgan fingerprint density at radius 2 is 2.15 bits per heavy atom. The highest BCUT2D eigenvalue weighted by Crippen LogP contribution is 1.97. The number of carbonyl (C=O) groups excluding carboxylic acids is 2. The fraction of sp³-hybridized carbons (Fsp3) is 0.500. The van der Waals surface area contributed by atoms with Crippen LogP contribution in [0, 0.1) is 0 Å². The first-order valence-corrected chi connectivity index (χ1v) is 3.88. The lowest BCUT2D eigenvalue weighted by atomic mass is 10.5. The van der Waals surface area contributed by atoms with Crippen molar-refractivity contribution in [1.82, 2.24) is 5.06 Å². The summed E-state index contributed by atoms with van der Waals surface area (Å²) in [6.07, 6.45) is 1.03. The zero-order chi connectivity index (χ0) is 10.3. The second kappa shape index (κ2) is 6.05. The third kappa shape index (κ3) is 4.84. The van der Waals surface area contributed by atoms with Gasteiger partial charge in [-0.3, -0.25) is 0 Å². The summed E-state index contributed by atoms with van der Waals surface area (Å²) in [6, 6.07) is 0. The minimum absolute atomic E-state index is 0.282. The van der Waals surface area contributed by atoms with Crippen molar-refractivity contribution in [2.45, 2.75) is 20.3 Å². The van der Waals surface area contributed by atoms with Crippen molar-refractivity contribution in [2.24, 2.45) is 0 Å². The predicted molar refractivity (Wildman–Crippen MR) is 45.4 cm³/mol. The van der Waals surface area contributed by atoms with Crippen LogP contribution in [0.2, 0.25) is 0 Å². The number of rotatable bonds is 3. The third-order valence-electron chi connectivity index (χ3n) is 1.00. The molecule has 5 heteroatoms. The molecule has 0 bridgehead atoms. The van der Waals surface area contributed by atoms with Gasteiger partial charge in [0.05, 0.1) is 6.61 Å². The fourth-order valence-electron chi connectivity index (χ4n) is 0.541. The van der Waals surface area contributed by atoms with E-state index in [-0.39, 0.29) is 6.61 Å². The van der Waals surface area contributed by atoms with E-state index in [0.717, 1.165) is 6.20 Å². The van der Waals surface area contributed by atoms with Gasteiger partial charge in [0.25, 0.3) is 0 Å². The highest BCUT2D eigenvalue weighted by atomic mass is 16.7. The van der Waals surface area contributed by atoms with E-state index in [1.807, 2.05) is 6.92 Å². The van der Waals surface area contributed by atoms with Crippen LogP contribution in [0.15, 0.2) is 12.8 Å². The van der Waals surface area contributed by atoms with E-state index in [2.05, 4.69) is 16.2 Å². The average molecular weight is 187 g/mol. The number of nitrogens with zero attached hydrogens (tertiary/aromatic N) is 1. The van der Waals surface area contributed by atoms with Crippen LogP contribution >= 0.6 is 0 Å². The smallest absolute Gasteiger partial charge is 0.447 e. The Hall–Kier alpha value is -1.52. The van der Waals surface area contributed by atoms with Gasteiger partial charge in [-0.05, 0) is 6.42 Å². The van der Waals surface area contributed by atoms with Crippen LogP contribution in [0.25, 0.3) is 0 Å². The Morgan fingerprint density at radius 1 is 1.54 bits per heavy atom. The SMILES string of the molecule is C=CN(OC(C)=O)C(=O)OCCC. The monoisotopic (exact) mass is 187 g/mol. The lowest BCUT2D eigenvalue weighted by Gasteiger charge is -2.14. The largest absolute Gasteiger partial charge is 0.447 e. The average Bonchev–Trinajstić information content (AvgIpc) is 2.09. The van der Waals surface area contributed by atoms with Crippen LogP contribution in [0.3, 0.4) is 0 Å². The van der Waals surface area contributed by atoms with Crippen LogP contribution in [0.1, 0.15) is 20.3 Å². The molecule has 0 aliphatic rings. The first-order valence-electron chi connectivity index (χ1n) is 3.88. The summed E-state index contributed by atoms with van der Waals surface area (Å²) in [5.74, 6) is -0.603. The molecule has 0 radical (unpaired) electrons. The van der Waals surface area contributed by atoms with Crippen LogP contribution in [-0.4, -0.2) is 23.7 Å². The van der Waals surface area contributed by atoms with Gasteiger partial charge in [-0.2, -0.15) is 0 Å². The molecule has 0 saturated carbocycles. The maximum absolute atomic E-state index is 11.0. The van der Waals surface area contributed by atoms with E-state index in [4.69, 9.17) is 0 Å². The topological polar surface area (TPSA) is 55.8 Å². The Labute approximate surface area is 76.9 Å².